The van der Waals surface area contributed by atoms with Crippen LogP contribution in [0, 0.1) is 5.41 Å². The van der Waals surface area contributed by atoms with E-state index in [1.54, 1.807) is 13.2 Å². The van der Waals surface area contributed by atoms with Gasteiger partial charge in [0.1, 0.15) is 5.75 Å². The lowest BCUT2D eigenvalue weighted by Gasteiger charge is -2.34. The minimum atomic E-state index is -0.698. The van der Waals surface area contributed by atoms with Crippen molar-refractivity contribution in [3.8, 4) is 5.75 Å². The van der Waals surface area contributed by atoms with Gasteiger partial charge in [0.05, 0.1) is 17.5 Å². The number of carbonyl (C=O) groups is 1. The summed E-state index contributed by atoms with van der Waals surface area (Å²) in [5.41, 5.74) is 5.87. The van der Waals surface area contributed by atoms with Crippen LogP contribution in [0.2, 0.25) is 0 Å². The van der Waals surface area contributed by atoms with Crippen molar-refractivity contribution < 1.29 is 9.53 Å². The average molecular weight is 292 g/mol. The summed E-state index contributed by atoms with van der Waals surface area (Å²) < 4.78 is 5.15. The van der Waals surface area contributed by atoms with Crippen molar-refractivity contribution in [1.82, 2.24) is 0 Å². The van der Waals surface area contributed by atoms with Gasteiger partial charge in [0.25, 0.3) is 0 Å². The molecule has 1 aromatic rings. The van der Waals surface area contributed by atoms with Crippen LogP contribution in [0.15, 0.2) is 24.3 Å². The first-order valence-electron chi connectivity index (χ1n) is 6.84. The molecule has 5 heteroatoms. The minimum Gasteiger partial charge on any atom is -0.497 e. The number of hydrogen-bond acceptors (Lipinski definition) is 3. The van der Waals surface area contributed by atoms with E-state index >= 15 is 0 Å². The molecule has 0 radical (unpaired) electrons. The zero-order valence-corrected chi connectivity index (χ0v) is 12.5. The number of amides is 1. The van der Waals surface area contributed by atoms with Crippen molar-refractivity contribution in [3.63, 3.8) is 0 Å². The maximum atomic E-state index is 12.6. The maximum absolute atomic E-state index is 12.6. The molecule has 0 unspecified atom stereocenters. The molecule has 108 valence electrons. The third kappa shape index (κ3) is 2.93. The summed E-state index contributed by atoms with van der Waals surface area (Å²) in [4.78, 5) is 12.9. The molecule has 0 atom stereocenters. The van der Waals surface area contributed by atoms with Gasteiger partial charge in [-0.3, -0.25) is 4.79 Å². The molecule has 3 N–H and O–H groups in total. The van der Waals surface area contributed by atoms with Crippen molar-refractivity contribution >= 4 is 28.8 Å². The molecule has 1 aromatic carbocycles. The topological polar surface area (TPSA) is 64.3 Å². The lowest BCUT2D eigenvalue weighted by Crippen LogP contribution is -2.47. The fraction of sp³-hybridized carbons (Fsp3) is 0.467. The number of nitrogens with two attached hydrogens (primary N) is 1. The molecule has 1 fully saturated rings. The van der Waals surface area contributed by atoms with Crippen LogP contribution in [-0.4, -0.2) is 18.0 Å². The summed E-state index contributed by atoms with van der Waals surface area (Å²) in [5, 5.41) is 2.92. The highest BCUT2D eigenvalue weighted by Crippen LogP contribution is 2.38. The van der Waals surface area contributed by atoms with Crippen LogP contribution in [0.3, 0.4) is 0 Å². The molecule has 0 aliphatic heterocycles. The van der Waals surface area contributed by atoms with E-state index < -0.39 is 5.41 Å². The van der Waals surface area contributed by atoms with Crippen LogP contribution in [0.25, 0.3) is 0 Å². The van der Waals surface area contributed by atoms with Gasteiger partial charge in [0.15, 0.2) is 0 Å². The van der Waals surface area contributed by atoms with E-state index in [4.69, 9.17) is 22.7 Å². The number of nitrogens with one attached hydrogen (secondary N) is 1. The lowest BCUT2D eigenvalue weighted by molar-refractivity contribution is -0.123. The Kier molecular flexibility index (Phi) is 4.60. The highest BCUT2D eigenvalue weighted by molar-refractivity contribution is 7.80. The smallest absolute Gasteiger partial charge is 0.237 e. The van der Waals surface area contributed by atoms with E-state index in [1.165, 1.54) is 0 Å². The Morgan fingerprint density at radius 1 is 1.35 bits per heavy atom. The number of benzene rings is 1. The normalized spacial score (nSPS) is 17.2. The zero-order valence-electron chi connectivity index (χ0n) is 11.6. The largest absolute Gasteiger partial charge is 0.497 e. The number of ether oxygens (including phenoxy) is 1. The molecule has 1 amide bonds. The summed E-state index contributed by atoms with van der Waals surface area (Å²) in [5.74, 6) is 0.605. The molecule has 2 rings (SSSR count). The van der Waals surface area contributed by atoms with Crippen LogP contribution >= 0.6 is 12.2 Å². The molecule has 1 aliphatic carbocycles. The Morgan fingerprint density at radius 2 is 2.05 bits per heavy atom. The third-order valence-electron chi connectivity index (χ3n) is 3.94. The molecule has 0 aromatic heterocycles. The SMILES string of the molecule is COc1cccc(NC(=O)C2(C(N)=S)CCCCC2)c1. The van der Waals surface area contributed by atoms with E-state index in [0.29, 0.717) is 16.4 Å². The number of hydrogen-bond donors (Lipinski definition) is 2. The van der Waals surface area contributed by atoms with Crippen molar-refractivity contribution in [1.29, 1.82) is 0 Å². The van der Waals surface area contributed by atoms with Crippen molar-refractivity contribution in [2.75, 3.05) is 12.4 Å². The van der Waals surface area contributed by atoms with E-state index in [2.05, 4.69) is 5.32 Å². The molecule has 4 nitrogen and oxygen atoms in total. The molecule has 0 saturated heterocycles. The van der Waals surface area contributed by atoms with Crippen molar-refractivity contribution in [3.05, 3.63) is 24.3 Å². The molecule has 20 heavy (non-hydrogen) atoms. The van der Waals surface area contributed by atoms with E-state index in [1.807, 2.05) is 18.2 Å². The Balaban J connectivity index is 2.18. The summed E-state index contributed by atoms with van der Waals surface area (Å²) in [7, 11) is 1.60. The monoisotopic (exact) mass is 292 g/mol. The highest BCUT2D eigenvalue weighted by Gasteiger charge is 2.42. The second kappa shape index (κ2) is 6.22. The van der Waals surface area contributed by atoms with Gasteiger partial charge < -0.3 is 15.8 Å². The molecule has 1 saturated carbocycles. The Labute approximate surface area is 124 Å². The molecular weight excluding hydrogens is 272 g/mol. The maximum Gasteiger partial charge on any atom is 0.237 e. The van der Waals surface area contributed by atoms with Crippen LogP contribution in [-0.2, 0) is 4.79 Å². The Bertz CT molecular complexity index is 510. The fourth-order valence-corrected chi connectivity index (χ4v) is 2.99. The molecule has 0 spiro atoms. The predicted molar refractivity (Wildman–Crippen MR) is 83.9 cm³/mol. The standard InChI is InChI=1S/C15H20N2O2S/c1-19-12-7-5-6-11(10-12)17-14(18)15(13(16)20)8-3-2-4-9-15/h5-7,10H,2-4,8-9H2,1H3,(H2,16,20)(H,17,18). The first-order valence-corrected chi connectivity index (χ1v) is 7.25. The average Bonchev–Trinajstić information content (AvgIpc) is 2.48. The van der Waals surface area contributed by atoms with Gasteiger partial charge in [0.2, 0.25) is 5.91 Å². The lowest BCUT2D eigenvalue weighted by atomic mass is 9.73. The van der Waals surface area contributed by atoms with E-state index in [-0.39, 0.29) is 5.91 Å². The van der Waals surface area contributed by atoms with Gasteiger partial charge in [0, 0.05) is 11.8 Å². The number of carbonyl (C=O) groups excluding carboxylic acids is 1. The highest BCUT2D eigenvalue weighted by atomic mass is 32.1. The molecular formula is C15H20N2O2S. The minimum absolute atomic E-state index is 0.0991. The Hall–Kier alpha value is -1.62. The third-order valence-corrected chi connectivity index (χ3v) is 4.33. The zero-order chi connectivity index (χ0) is 14.6. The van der Waals surface area contributed by atoms with Gasteiger partial charge >= 0.3 is 0 Å². The Morgan fingerprint density at radius 3 is 2.65 bits per heavy atom. The van der Waals surface area contributed by atoms with E-state index in [0.717, 1.165) is 32.1 Å². The summed E-state index contributed by atoms with van der Waals surface area (Å²) in [6, 6.07) is 7.28. The number of thiocarbonyl (C=S) groups is 1. The van der Waals surface area contributed by atoms with Crippen molar-refractivity contribution in [2.45, 2.75) is 32.1 Å². The number of rotatable bonds is 4. The van der Waals surface area contributed by atoms with Gasteiger partial charge in [-0.2, -0.15) is 0 Å². The second-order valence-electron chi connectivity index (χ2n) is 5.19. The van der Waals surface area contributed by atoms with Crippen LogP contribution in [0.5, 0.6) is 5.75 Å². The van der Waals surface area contributed by atoms with Gasteiger partial charge in [-0.25, -0.2) is 0 Å². The van der Waals surface area contributed by atoms with E-state index in [9.17, 15) is 4.79 Å². The summed E-state index contributed by atoms with van der Waals surface area (Å²) in [6.07, 6.45) is 4.58. The van der Waals surface area contributed by atoms with Crippen LogP contribution in [0.1, 0.15) is 32.1 Å². The first kappa shape index (κ1) is 14.8. The van der Waals surface area contributed by atoms with Crippen LogP contribution in [0.4, 0.5) is 5.69 Å². The number of anilines is 1. The van der Waals surface area contributed by atoms with Gasteiger partial charge in [-0.15, -0.1) is 0 Å². The number of methoxy groups -OCH3 is 1. The molecule has 0 bridgehead atoms. The van der Waals surface area contributed by atoms with Gasteiger partial charge in [-0.05, 0) is 25.0 Å². The second-order valence-corrected chi connectivity index (χ2v) is 5.63. The van der Waals surface area contributed by atoms with Gasteiger partial charge in [-0.1, -0.05) is 37.5 Å². The fourth-order valence-electron chi connectivity index (χ4n) is 2.69. The van der Waals surface area contributed by atoms with Crippen molar-refractivity contribution in [2.24, 2.45) is 11.1 Å². The quantitative estimate of drug-likeness (QED) is 0.838. The van der Waals surface area contributed by atoms with Crippen LogP contribution < -0.4 is 15.8 Å². The summed E-state index contributed by atoms with van der Waals surface area (Å²) in [6.45, 7) is 0. The predicted octanol–water partition coefficient (Wildman–Crippen LogP) is 2.87. The first-order chi connectivity index (χ1) is 9.58. The molecule has 0 heterocycles. The molecule has 1 aliphatic rings. The summed E-state index contributed by atoms with van der Waals surface area (Å²) >= 11 is 5.16.